The lowest BCUT2D eigenvalue weighted by Gasteiger charge is -2.28. The van der Waals surface area contributed by atoms with Crippen LogP contribution in [0.15, 0.2) is 24.3 Å². The van der Waals surface area contributed by atoms with Crippen LogP contribution in [0.1, 0.15) is 12.5 Å². The zero-order valence-electron chi connectivity index (χ0n) is 9.05. The molecule has 1 unspecified atom stereocenters. The molecule has 1 atom stereocenters. The van der Waals surface area contributed by atoms with E-state index in [4.69, 9.17) is 0 Å². The fourth-order valence-electron chi connectivity index (χ4n) is 1.36. The third-order valence-corrected chi connectivity index (χ3v) is 3.41. The van der Waals surface area contributed by atoms with E-state index in [0.29, 0.717) is 5.33 Å². The second kappa shape index (κ2) is 5.08. The lowest BCUT2D eigenvalue weighted by molar-refractivity contribution is -0.137. The number of alkyl halides is 4. The molecule has 1 aromatic rings. The fourth-order valence-corrected chi connectivity index (χ4v) is 1.80. The molecule has 0 fully saturated rings. The summed E-state index contributed by atoms with van der Waals surface area (Å²) >= 11 is 3.26. The van der Waals surface area contributed by atoms with Crippen LogP contribution in [-0.4, -0.2) is 18.4 Å². The molecule has 0 aliphatic carbocycles. The smallest absolute Gasteiger partial charge is 0.371 e. The van der Waals surface area contributed by atoms with E-state index in [1.165, 1.54) is 12.1 Å². The Morgan fingerprint density at radius 3 is 2.38 bits per heavy atom. The van der Waals surface area contributed by atoms with Crippen molar-refractivity contribution in [2.24, 2.45) is 0 Å². The maximum absolute atomic E-state index is 12.7. The Bertz CT molecular complexity index is 351. The normalized spacial score (nSPS) is 13.6. The second-order valence-electron chi connectivity index (χ2n) is 3.63. The van der Waals surface area contributed by atoms with Crippen LogP contribution < -0.4 is 4.90 Å². The van der Waals surface area contributed by atoms with Gasteiger partial charge in [0.1, 0.15) is 0 Å². The van der Waals surface area contributed by atoms with E-state index >= 15 is 0 Å². The van der Waals surface area contributed by atoms with Gasteiger partial charge in [0.25, 0.3) is 0 Å². The quantitative estimate of drug-likeness (QED) is 0.764. The molecule has 1 aromatic carbocycles. The first kappa shape index (κ1) is 13.4. The maximum Gasteiger partial charge on any atom is 0.418 e. The topological polar surface area (TPSA) is 3.24 Å². The van der Waals surface area contributed by atoms with Gasteiger partial charge in [0.15, 0.2) is 0 Å². The molecule has 0 amide bonds. The molecule has 90 valence electrons. The highest BCUT2D eigenvalue weighted by atomic mass is 79.9. The Labute approximate surface area is 101 Å². The standard InChI is InChI=1S/C11H13BrF3N/c1-8(7-12)16(2)10-6-4-3-5-9(10)11(13,14)15/h3-6,8H,7H2,1-2H3. The van der Waals surface area contributed by atoms with Gasteiger partial charge in [0.05, 0.1) is 5.56 Å². The number of nitrogens with zero attached hydrogens (tertiary/aromatic N) is 1. The van der Waals surface area contributed by atoms with E-state index in [2.05, 4.69) is 15.9 Å². The summed E-state index contributed by atoms with van der Waals surface area (Å²) in [7, 11) is 1.66. The predicted molar refractivity (Wildman–Crippen MR) is 63.1 cm³/mol. The van der Waals surface area contributed by atoms with Crippen molar-refractivity contribution in [2.45, 2.75) is 19.1 Å². The fraction of sp³-hybridized carbons (Fsp3) is 0.455. The van der Waals surface area contributed by atoms with Gasteiger partial charge in [-0.1, -0.05) is 28.1 Å². The molecule has 1 nitrogen and oxygen atoms in total. The van der Waals surface area contributed by atoms with Crippen LogP contribution in [0.4, 0.5) is 18.9 Å². The summed E-state index contributed by atoms with van der Waals surface area (Å²) in [6.07, 6.45) is -4.31. The summed E-state index contributed by atoms with van der Waals surface area (Å²) in [5.41, 5.74) is -0.382. The minimum atomic E-state index is -4.31. The number of para-hydroxylation sites is 1. The van der Waals surface area contributed by atoms with E-state index in [-0.39, 0.29) is 11.7 Å². The van der Waals surface area contributed by atoms with Gasteiger partial charge < -0.3 is 4.90 Å². The first-order chi connectivity index (χ1) is 7.38. The Balaban J connectivity index is 3.13. The first-order valence-electron chi connectivity index (χ1n) is 4.83. The van der Waals surface area contributed by atoms with E-state index in [9.17, 15) is 13.2 Å². The van der Waals surface area contributed by atoms with E-state index < -0.39 is 11.7 Å². The molecule has 0 radical (unpaired) electrons. The lowest BCUT2D eigenvalue weighted by Crippen LogP contribution is -2.31. The van der Waals surface area contributed by atoms with Crippen LogP contribution in [0, 0.1) is 0 Å². The van der Waals surface area contributed by atoms with Gasteiger partial charge >= 0.3 is 6.18 Å². The van der Waals surface area contributed by atoms with Gasteiger partial charge in [-0.05, 0) is 19.1 Å². The van der Waals surface area contributed by atoms with Gasteiger partial charge in [0, 0.05) is 24.1 Å². The third-order valence-electron chi connectivity index (χ3n) is 2.47. The van der Waals surface area contributed by atoms with Crippen LogP contribution in [0.25, 0.3) is 0 Å². The Kier molecular flexibility index (Phi) is 4.24. The van der Waals surface area contributed by atoms with Crippen molar-refractivity contribution >= 4 is 21.6 Å². The lowest BCUT2D eigenvalue weighted by atomic mass is 10.1. The van der Waals surface area contributed by atoms with E-state index in [1.54, 1.807) is 18.0 Å². The average molecular weight is 296 g/mol. The summed E-state index contributed by atoms with van der Waals surface area (Å²) in [5, 5.41) is 0.621. The molecule has 16 heavy (non-hydrogen) atoms. The molecule has 0 saturated carbocycles. The Morgan fingerprint density at radius 1 is 1.31 bits per heavy atom. The van der Waals surface area contributed by atoms with Crippen LogP contribution in [0.2, 0.25) is 0 Å². The molecule has 0 bridgehead atoms. The van der Waals surface area contributed by atoms with Crippen molar-refractivity contribution in [2.75, 3.05) is 17.3 Å². The van der Waals surface area contributed by atoms with Crippen molar-refractivity contribution in [1.82, 2.24) is 0 Å². The van der Waals surface area contributed by atoms with Crippen molar-refractivity contribution < 1.29 is 13.2 Å². The molecule has 0 heterocycles. The Morgan fingerprint density at radius 2 is 1.88 bits per heavy atom. The molecular weight excluding hydrogens is 283 g/mol. The number of hydrogen-bond acceptors (Lipinski definition) is 1. The van der Waals surface area contributed by atoms with Crippen LogP contribution in [0.5, 0.6) is 0 Å². The average Bonchev–Trinajstić information content (AvgIpc) is 2.26. The van der Waals surface area contributed by atoms with Gasteiger partial charge in [-0.2, -0.15) is 13.2 Å². The van der Waals surface area contributed by atoms with Crippen LogP contribution in [-0.2, 0) is 6.18 Å². The Hall–Kier alpha value is -0.710. The van der Waals surface area contributed by atoms with Gasteiger partial charge in [-0.3, -0.25) is 0 Å². The predicted octanol–water partition coefficient (Wildman–Crippen LogP) is 3.93. The van der Waals surface area contributed by atoms with Crippen LogP contribution >= 0.6 is 15.9 Å². The zero-order chi connectivity index (χ0) is 12.3. The second-order valence-corrected chi connectivity index (χ2v) is 4.28. The van der Waals surface area contributed by atoms with E-state index in [1.807, 2.05) is 6.92 Å². The summed E-state index contributed by atoms with van der Waals surface area (Å²) in [4.78, 5) is 1.62. The summed E-state index contributed by atoms with van der Waals surface area (Å²) < 4.78 is 38.2. The number of halogens is 4. The largest absolute Gasteiger partial charge is 0.418 e. The third kappa shape index (κ3) is 2.90. The molecule has 0 aliphatic rings. The molecule has 0 saturated heterocycles. The minimum absolute atomic E-state index is 0.00324. The number of anilines is 1. The first-order valence-corrected chi connectivity index (χ1v) is 5.95. The molecule has 1 rings (SSSR count). The molecular formula is C11H13BrF3N. The SMILES string of the molecule is CC(CBr)N(C)c1ccccc1C(F)(F)F. The monoisotopic (exact) mass is 295 g/mol. The molecule has 0 aliphatic heterocycles. The molecule has 5 heteroatoms. The highest BCUT2D eigenvalue weighted by molar-refractivity contribution is 9.09. The molecule has 0 aromatic heterocycles. The summed E-state index contributed by atoms with van der Waals surface area (Å²) in [6.45, 7) is 1.86. The van der Waals surface area contributed by atoms with Crippen molar-refractivity contribution in [3.63, 3.8) is 0 Å². The molecule has 0 N–H and O–H groups in total. The van der Waals surface area contributed by atoms with Gasteiger partial charge in [-0.15, -0.1) is 0 Å². The van der Waals surface area contributed by atoms with Crippen molar-refractivity contribution in [3.05, 3.63) is 29.8 Å². The number of rotatable bonds is 3. The van der Waals surface area contributed by atoms with E-state index in [0.717, 1.165) is 6.07 Å². The highest BCUT2D eigenvalue weighted by Gasteiger charge is 2.34. The minimum Gasteiger partial charge on any atom is -0.371 e. The number of hydrogen-bond donors (Lipinski definition) is 0. The number of benzene rings is 1. The summed E-state index contributed by atoms with van der Waals surface area (Å²) in [6, 6.07) is 5.61. The maximum atomic E-state index is 12.7. The van der Waals surface area contributed by atoms with Crippen molar-refractivity contribution in [1.29, 1.82) is 0 Å². The van der Waals surface area contributed by atoms with Crippen LogP contribution in [0.3, 0.4) is 0 Å². The van der Waals surface area contributed by atoms with Crippen molar-refractivity contribution in [3.8, 4) is 0 Å². The molecule has 0 spiro atoms. The van der Waals surface area contributed by atoms with Gasteiger partial charge in [-0.25, -0.2) is 0 Å². The highest BCUT2D eigenvalue weighted by Crippen LogP contribution is 2.36. The summed E-state index contributed by atoms with van der Waals surface area (Å²) in [5.74, 6) is 0. The zero-order valence-corrected chi connectivity index (χ0v) is 10.6. The van der Waals surface area contributed by atoms with Gasteiger partial charge in [0.2, 0.25) is 0 Å².